The lowest BCUT2D eigenvalue weighted by Gasteiger charge is -2.36. The second-order valence-electron chi connectivity index (χ2n) is 4.67. The molecule has 0 saturated carbocycles. The van der Waals surface area contributed by atoms with Crippen LogP contribution in [0.5, 0.6) is 0 Å². The summed E-state index contributed by atoms with van der Waals surface area (Å²) in [6.45, 7) is 2.41. The van der Waals surface area contributed by atoms with E-state index < -0.39 is 0 Å². The minimum absolute atomic E-state index is 0. The minimum atomic E-state index is 0. The molecule has 1 aliphatic heterocycles. The predicted molar refractivity (Wildman–Crippen MR) is 85.9 cm³/mol. The minimum Gasteiger partial charge on any atom is -0.370 e. The molecule has 7 heteroatoms. The highest BCUT2D eigenvalue weighted by molar-refractivity contribution is 14.0. The Morgan fingerprint density at radius 2 is 2.26 bits per heavy atom. The molecule has 1 aromatic heterocycles. The SMILES string of the molecule is CN=C(N(C)C)N1CCOC(c2cnn(C)c2)C1.I. The standard InChI is InChI=1S/C12H21N5O.HI/c1-13-12(15(2)3)17-5-6-18-11(9-17)10-7-14-16(4)8-10;/h7-8,11H,5-6,9H2,1-4H3;1H. The molecule has 0 amide bonds. The lowest BCUT2D eigenvalue weighted by atomic mass is 10.1. The molecule has 1 saturated heterocycles. The summed E-state index contributed by atoms with van der Waals surface area (Å²) in [7, 11) is 7.76. The van der Waals surface area contributed by atoms with E-state index in [9.17, 15) is 0 Å². The maximum Gasteiger partial charge on any atom is 0.195 e. The zero-order chi connectivity index (χ0) is 13.1. The van der Waals surface area contributed by atoms with Gasteiger partial charge in [-0.15, -0.1) is 24.0 Å². The Hall–Kier alpha value is -0.830. The molecule has 2 heterocycles. The van der Waals surface area contributed by atoms with Crippen LogP contribution in [0.25, 0.3) is 0 Å². The molecule has 19 heavy (non-hydrogen) atoms. The van der Waals surface area contributed by atoms with Crippen LogP contribution in [0.15, 0.2) is 17.4 Å². The van der Waals surface area contributed by atoms with E-state index in [0.29, 0.717) is 6.61 Å². The van der Waals surface area contributed by atoms with E-state index in [-0.39, 0.29) is 30.1 Å². The molecule has 0 N–H and O–H groups in total. The first kappa shape index (κ1) is 16.2. The van der Waals surface area contributed by atoms with Crippen LogP contribution in [-0.4, -0.2) is 66.4 Å². The average molecular weight is 379 g/mol. The first-order valence-corrected chi connectivity index (χ1v) is 6.11. The van der Waals surface area contributed by atoms with Crippen LogP contribution in [0, 0.1) is 0 Å². The Balaban J connectivity index is 0.00000180. The lowest BCUT2D eigenvalue weighted by Crippen LogP contribution is -2.47. The highest BCUT2D eigenvalue weighted by atomic mass is 127. The van der Waals surface area contributed by atoms with E-state index in [1.165, 1.54) is 0 Å². The second-order valence-corrected chi connectivity index (χ2v) is 4.67. The molecule has 0 spiro atoms. The molecule has 0 radical (unpaired) electrons. The van der Waals surface area contributed by atoms with Gasteiger partial charge >= 0.3 is 0 Å². The number of aryl methyl sites for hydroxylation is 1. The first-order valence-electron chi connectivity index (χ1n) is 6.11. The molecule has 0 bridgehead atoms. The van der Waals surface area contributed by atoms with Gasteiger partial charge in [-0.3, -0.25) is 9.67 Å². The van der Waals surface area contributed by atoms with Crippen LogP contribution in [0.4, 0.5) is 0 Å². The molecule has 1 fully saturated rings. The maximum atomic E-state index is 5.81. The summed E-state index contributed by atoms with van der Waals surface area (Å²) in [5.41, 5.74) is 1.12. The summed E-state index contributed by atoms with van der Waals surface area (Å²) in [4.78, 5) is 8.62. The van der Waals surface area contributed by atoms with Crippen molar-refractivity contribution in [2.24, 2.45) is 12.0 Å². The van der Waals surface area contributed by atoms with Gasteiger partial charge in [-0.1, -0.05) is 0 Å². The molecule has 0 aliphatic carbocycles. The Morgan fingerprint density at radius 3 is 2.79 bits per heavy atom. The second kappa shape index (κ2) is 7.09. The van der Waals surface area contributed by atoms with Crippen molar-refractivity contribution in [2.45, 2.75) is 6.10 Å². The van der Waals surface area contributed by atoms with Gasteiger partial charge in [0.15, 0.2) is 5.96 Å². The normalized spacial score (nSPS) is 20.1. The number of halogens is 1. The van der Waals surface area contributed by atoms with Gasteiger partial charge in [0.25, 0.3) is 0 Å². The Bertz CT molecular complexity index is 432. The van der Waals surface area contributed by atoms with Crippen LogP contribution in [-0.2, 0) is 11.8 Å². The quantitative estimate of drug-likeness (QED) is 0.414. The third-order valence-electron chi connectivity index (χ3n) is 3.05. The number of guanidine groups is 1. The zero-order valence-electron chi connectivity index (χ0n) is 11.9. The van der Waals surface area contributed by atoms with Gasteiger partial charge in [0.2, 0.25) is 0 Å². The van der Waals surface area contributed by atoms with Crippen molar-refractivity contribution in [2.75, 3.05) is 40.8 Å². The summed E-state index contributed by atoms with van der Waals surface area (Å²) in [5, 5.41) is 4.19. The van der Waals surface area contributed by atoms with Gasteiger partial charge in [-0.05, 0) is 0 Å². The smallest absolute Gasteiger partial charge is 0.195 e. The van der Waals surface area contributed by atoms with Crippen molar-refractivity contribution in [1.82, 2.24) is 19.6 Å². The van der Waals surface area contributed by atoms with Crippen LogP contribution in [0.3, 0.4) is 0 Å². The molecule has 1 aromatic rings. The van der Waals surface area contributed by atoms with Gasteiger partial charge in [-0.25, -0.2) is 0 Å². The largest absolute Gasteiger partial charge is 0.370 e. The number of morpholine rings is 1. The number of aliphatic imine (C=N–C) groups is 1. The molecule has 2 rings (SSSR count). The molecule has 6 nitrogen and oxygen atoms in total. The molecule has 1 atom stereocenters. The number of ether oxygens (including phenoxy) is 1. The fourth-order valence-electron chi connectivity index (χ4n) is 2.26. The van der Waals surface area contributed by atoms with Crippen LogP contribution in [0.2, 0.25) is 0 Å². The average Bonchev–Trinajstić information content (AvgIpc) is 2.77. The lowest BCUT2D eigenvalue weighted by molar-refractivity contribution is -0.00984. The van der Waals surface area contributed by atoms with Crippen molar-refractivity contribution in [3.63, 3.8) is 0 Å². The monoisotopic (exact) mass is 379 g/mol. The number of hydrogen-bond acceptors (Lipinski definition) is 3. The van der Waals surface area contributed by atoms with Gasteiger partial charge in [-0.2, -0.15) is 5.10 Å². The fraction of sp³-hybridized carbons (Fsp3) is 0.667. The van der Waals surface area contributed by atoms with Gasteiger partial charge in [0.1, 0.15) is 6.10 Å². The number of rotatable bonds is 1. The summed E-state index contributed by atoms with van der Waals surface area (Å²) in [6.07, 6.45) is 3.95. The third-order valence-corrected chi connectivity index (χ3v) is 3.05. The molecular formula is C12H22IN5O. The van der Waals surface area contributed by atoms with Gasteiger partial charge in [0.05, 0.1) is 19.3 Å². The van der Waals surface area contributed by atoms with Crippen LogP contribution in [0.1, 0.15) is 11.7 Å². The van der Waals surface area contributed by atoms with E-state index in [4.69, 9.17) is 4.74 Å². The Labute approximate surface area is 131 Å². The molecule has 108 valence electrons. The number of hydrogen-bond donors (Lipinski definition) is 0. The highest BCUT2D eigenvalue weighted by Crippen LogP contribution is 2.21. The fourth-order valence-corrected chi connectivity index (χ4v) is 2.26. The van der Waals surface area contributed by atoms with Gasteiger partial charge in [0, 0.05) is 46.5 Å². The van der Waals surface area contributed by atoms with E-state index >= 15 is 0 Å². The zero-order valence-corrected chi connectivity index (χ0v) is 14.2. The highest BCUT2D eigenvalue weighted by Gasteiger charge is 2.25. The first-order chi connectivity index (χ1) is 8.61. The van der Waals surface area contributed by atoms with E-state index in [0.717, 1.165) is 24.6 Å². The molecule has 1 unspecified atom stereocenters. The molecular weight excluding hydrogens is 357 g/mol. The Morgan fingerprint density at radius 1 is 1.53 bits per heavy atom. The summed E-state index contributed by atoms with van der Waals surface area (Å²) in [5.74, 6) is 0.993. The van der Waals surface area contributed by atoms with Crippen molar-refractivity contribution in [1.29, 1.82) is 0 Å². The van der Waals surface area contributed by atoms with E-state index in [1.807, 2.05) is 45.5 Å². The Kier molecular flexibility index (Phi) is 6.05. The van der Waals surface area contributed by atoms with Crippen LogP contribution >= 0.6 is 24.0 Å². The van der Waals surface area contributed by atoms with Crippen molar-refractivity contribution in [3.05, 3.63) is 18.0 Å². The van der Waals surface area contributed by atoms with Crippen LogP contribution < -0.4 is 0 Å². The summed E-state index contributed by atoms with van der Waals surface area (Å²) >= 11 is 0. The van der Waals surface area contributed by atoms with Gasteiger partial charge < -0.3 is 14.5 Å². The topological polar surface area (TPSA) is 45.9 Å². The van der Waals surface area contributed by atoms with E-state index in [2.05, 4.69) is 15.0 Å². The summed E-state index contributed by atoms with van der Waals surface area (Å²) < 4.78 is 7.62. The predicted octanol–water partition coefficient (Wildman–Crippen LogP) is 0.959. The van der Waals surface area contributed by atoms with Crippen molar-refractivity contribution < 1.29 is 4.74 Å². The molecule has 1 aliphatic rings. The molecule has 0 aromatic carbocycles. The summed E-state index contributed by atoms with van der Waals surface area (Å²) in [6, 6.07) is 0. The van der Waals surface area contributed by atoms with E-state index in [1.54, 1.807) is 4.68 Å². The number of aromatic nitrogens is 2. The maximum absolute atomic E-state index is 5.81. The van der Waals surface area contributed by atoms with Crippen molar-refractivity contribution in [3.8, 4) is 0 Å². The van der Waals surface area contributed by atoms with Crippen molar-refractivity contribution >= 4 is 29.9 Å². The number of nitrogens with zero attached hydrogens (tertiary/aromatic N) is 5. The third kappa shape index (κ3) is 3.82.